The van der Waals surface area contributed by atoms with Crippen LogP contribution in [0.25, 0.3) is 6.08 Å². The van der Waals surface area contributed by atoms with Gasteiger partial charge in [0.25, 0.3) is 0 Å². The first-order valence-electron chi connectivity index (χ1n) is 10.6. The molecule has 27 heavy (non-hydrogen) atoms. The molecule has 0 saturated heterocycles. The highest BCUT2D eigenvalue weighted by Crippen LogP contribution is 2.31. The van der Waals surface area contributed by atoms with Crippen LogP contribution in [0.4, 0.5) is 0 Å². The fraction of sp³-hybridized carbons (Fsp3) is 0.407. The van der Waals surface area contributed by atoms with Gasteiger partial charge >= 0.3 is 0 Å². The lowest BCUT2D eigenvalue weighted by Crippen LogP contribution is -2.12. The van der Waals surface area contributed by atoms with Crippen LogP contribution in [0.2, 0.25) is 0 Å². The van der Waals surface area contributed by atoms with Crippen molar-refractivity contribution in [1.82, 2.24) is 0 Å². The summed E-state index contributed by atoms with van der Waals surface area (Å²) in [5.74, 6) is 8.46. The minimum absolute atomic E-state index is 0.941. The zero-order valence-corrected chi connectivity index (χ0v) is 16.9. The van der Waals surface area contributed by atoms with Crippen LogP contribution in [0, 0.1) is 23.7 Å². The molecule has 0 aliphatic heterocycles. The lowest BCUT2D eigenvalue weighted by atomic mass is 9.80. The second-order valence-corrected chi connectivity index (χ2v) is 8.04. The molecule has 0 bridgehead atoms. The molecule has 0 N–H and O–H groups in total. The Labute approximate surface area is 165 Å². The molecule has 2 aromatic carbocycles. The maximum Gasteiger partial charge on any atom is 0.0249 e. The molecule has 0 heterocycles. The van der Waals surface area contributed by atoms with Crippen molar-refractivity contribution < 1.29 is 0 Å². The summed E-state index contributed by atoms with van der Waals surface area (Å²) in [7, 11) is 0. The van der Waals surface area contributed by atoms with Crippen LogP contribution >= 0.6 is 0 Å². The van der Waals surface area contributed by atoms with E-state index in [2.05, 4.69) is 86.4 Å². The first-order valence-corrected chi connectivity index (χ1v) is 10.6. The maximum absolute atomic E-state index is 3.29. The molecule has 140 valence electrons. The predicted octanol–water partition coefficient (Wildman–Crippen LogP) is 7.27. The fourth-order valence-corrected chi connectivity index (χ4v) is 3.82. The van der Waals surface area contributed by atoms with Gasteiger partial charge in [0.1, 0.15) is 0 Å². The van der Waals surface area contributed by atoms with Gasteiger partial charge in [-0.3, -0.25) is 0 Å². The molecule has 0 atom stereocenters. The highest BCUT2D eigenvalue weighted by Gasteiger charge is 2.17. The van der Waals surface area contributed by atoms with Crippen LogP contribution in [0.1, 0.15) is 74.6 Å². The van der Waals surface area contributed by atoms with Crippen LogP contribution in [-0.2, 0) is 6.42 Å². The average molecular weight is 357 g/mol. The molecule has 1 aliphatic rings. The zero-order chi connectivity index (χ0) is 18.9. The van der Waals surface area contributed by atoms with E-state index in [0.29, 0.717) is 0 Å². The minimum atomic E-state index is 0.941. The van der Waals surface area contributed by atoms with Crippen molar-refractivity contribution in [2.75, 3.05) is 0 Å². The van der Waals surface area contributed by atoms with E-state index in [1.165, 1.54) is 49.7 Å². The predicted molar refractivity (Wildman–Crippen MR) is 118 cm³/mol. The number of allylic oxidation sites excluding steroid dienone is 1. The van der Waals surface area contributed by atoms with E-state index in [1.807, 2.05) is 0 Å². The summed E-state index contributed by atoms with van der Waals surface area (Å²) < 4.78 is 0. The van der Waals surface area contributed by atoms with E-state index in [1.54, 1.807) is 0 Å². The number of hydrogen-bond donors (Lipinski definition) is 0. The molecule has 0 radical (unpaired) electrons. The Hall–Kier alpha value is -2.26. The summed E-state index contributed by atoms with van der Waals surface area (Å²) in [6.45, 7) is 4.55. The van der Waals surface area contributed by atoms with Crippen LogP contribution in [0.15, 0.2) is 54.6 Å². The molecule has 3 rings (SSSR count). The Balaban J connectivity index is 1.52. The summed E-state index contributed by atoms with van der Waals surface area (Å²) in [5, 5.41) is 0. The van der Waals surface area contributed by atoms with Gasteiger partial charge in [-0.2, -0.15) is 0 Å². The molecule has 1 fully saturated rings. The van der Waals surface area contributed by atoms with Gasteiger partial charge in [0, 0.05) is 11.1 Å². The van der Waals surface area contributed by atoms with Crippen LogP contribution in [-0.4, -0.2) is 0 Å². The van der Waals surface area contributed by atoms with Crippen LogP contribution in [0.3, 0.4) is 0 Å². The van der Waals surface area contributed by atoms with Crippen molar-refractivity contribution in [1.29, 1.82) is 0 Å². The number of benzene rings is 2. The summed E-state index contributed by atoms with van der Waals surface area (Å²) >= 11 is 0. The van der Waals surface area contributed by atoms with Crippen molar-refractivity contribution in [3.05, 3.63) is 76.9 Å². The van der Waals surface area contributed by atoms with E-state index in [4.69, 9.17) is 0 Å². The highest BCUT2D eigenvalue weighted by molar-refractivity contribution is 5.52. The first kappa shape index (κ1) is 19.5. The Morgan fingerprint density at radius 3 is 2.04 bits per heavy atom. The van der Waals surface area contributed by atoms with Crippen LogP contribution < -0.4 is 0 Å². The first-order chi connectivity index (χ1) is 13.2. The molecule has 1 saturated carbocycles. The number of hydrogen-bond acceptors (Lipinski definition) is 0. The van der Waals surface area contributed by atoms with E-state index in [9.17, 15) is 0 Å². The Morgan fingerprint density at radius 1 is 0.852 bits per heavy atom. The van der Waals surface area contributed by atoms with Gasteiger partial charge < -0.3 is 0 Å². The largest absolute Gasteiger partial charge is 0.0842 e. The Morgan fingerprint density at radius 2 is 1.44 bits per heavy atom. The summed E-state index contributed by atoms with van der Waals surface area (Å²) in [6, 6.07) is 17.3. The second-order valence-electron chi connectivity index (χ2n) is 8.04. The topological polar surface area (TPSA) is 0 Å². The van der Waals surface area contributed by atoms with Gasteiger partial charge in [-0.15, -0.1) is 0 Å². The third-order valence-electron chi connectivity index (χ3n) is 5.74. The van der Waals surface area contributed by atoms with Crippen molar-refractivity contribution in [3.63, 3.8) is 0 Å². The van der Waals surface area contributed by atoms with Gasteiger partial charge in [-0.05, 0) is 66.5 Å². The SMILES string of the molecule is CC/C=C/c1ccc(C#Cc2ccc(CCC3CCC(C)CC3)cc2)cc1. The van der Waals surface area contributed by atoms with Crippen molar-refractivity contribution in [2.24, 2.45) is 11.8 Å². The molecule has 1 aliphatic carbocycles. The minimum Gasteiger partial charge on any atom is -0.0842 e. The molecule has 0 heteroatoms. The molecule has 0 amide bonds. The highest BCUT2D eigenvalue weighted by atomic mass is 14.2. The molecule has 0 aromatic heterocycles. The summed E-state index contributed by atoms with van der Waals surface area (Å²) in [4.78, 5) is 0. The van der Waals surface area contributed by atoms with E-state index in [0.717, 1.165) is 29.4 Å². The molecule has 2 aromatic rings. The lowest BCUT2D eigenvalue weighted by molar-refractivity contribution is 0.278. The Bertz CT molecular complexity index is 773. The van der Waals surface area contributed by atoms with Gasteiger partial charge in [-0.1, -0.05) is 87.8 Å². The summed E-state index contributed by atoms with van der Waals surface area (Å²) in [6.07, 6.45) is 13.7. The monoisotopic (exact) mass is 356 g/mol. The summed E-state index contributed by atoms with van der Waals surface area (Å²) in [5.41, 5.74) is 4.85. The van der Waals surface area contributed by atoms with E-state index in [-0.39, 0.29) is 0 Å². The fourth-order valence-electron chi connectivity index (χ4n) is 3.82. The van der Waals surface area contributed by atoms with Crippen molar-refractivity contribution in [3.8, 4) is 11.8 Å². The standard InChI is InChI=1S/C27H32/c1-3-4-5-23-10-12-25(13-11-23)16-17-27-20-18-26(19-21-27)15-14-24-8-6-22(2)7-9-24/h4-5,10-13,18-22,24H,3,6-9,14-15H2,1-2H3/b5-4+. The molecular weight excluding hydrogens is 324 g/mol. The third-order valence-corrected chi connectivity index (χ3v) is 5.74. The van der Waals surface area contributed by atoms with Gasteiger partial charge in [0.2, 0.25) is 0 Å². The number of aryl methyl sites for hydroxylation is 1. The Kier molecular flexibility index (Phi) is 7.35. The molecular formula is C27H32. The molecule has 0 spiro atoms. The smallest absolute Gasteiger partial charge is 0.0249 e. The van der Waals surface area contributed by atoms with Gasteiger partial charge in [0.05, 0.1) is 0 Å². The quantitative estimate of drug-likeness (QED) is 0.494. The zero-order valence-electron chi connectivity index (χ0n) is 16.9. The third kappa shape index (κ3) is 6.44. The molecule has 0 nitrogen and oxygen atoms in total. The molecule has 0 unspecified atom stereocenters. The lowest BCUT2D eigenvalue weighted by Gasteiger charge is -2.26. The number of rotatable bonds is 5. The van der Waals surface area contributed by atoms with Crippen molar-refractivity contribution >= 4 is 6.08 Å². The maximum atomic E-state index is 3.29. The van der Waals surface area contributed by atoms with Crippen LogP contribution in [0.5, 0.6) is 0 Å². The van der Waals surface area contributed by atoms with E-state index < -0.39 is 0 Å². The van der Waals surface area contributed by atoms with Gasteiger partial charge in [-0.25, -0.2) is 0 Å². The van der Waals surface area contributed by atoms with E-state index >= 15 is 0 Å². The van der Waals surface area contributed by atoms with Gasteiger partial charge in [0.15, 0.2) is 0 Å². The average Bonchev–Trinajstić information content (AvgIpc) is 2.72. The normalized spacial score (nSPS) is 19.6. The second kappa shape index (κ2) is 10.2. The van der Waals surface area contributed by atoms with Crippen molar-refractivity contribution in [2.45, 2.75) is 58.8 Å².